The highest BCUT2D eigenvalue weighted by atomic mass is 16.7. The molecule has 0 radical (unpaired) electrons. The average Bonchev–Trinajstić information content (AvgIpc) is 1.69. The fraction of sp³-hybridized carbons (Fsp3) is 1.00. The minimum atomic E-state index is -0.106. The molecular formula is C77H162O20. The van der Waals surface area contributed by atoms with Gasteiger partial charge in [0.25, 0.3) is 0 Å². The van der Waals surface area contributed by atoms with Gasteiger partial charge in [0.2, 0.25) is 0 Å². The molecule has 4 bridgehead atoms. The van der Waals surface area contributed by atoms with Crippen molar-refractivity contribution in [3.05, 3.63) is 0 Å². The van der Waals surface area contributed by atoms with Gasteiger partial charge in [0.1, 0.15) is 27.2 Å². The van der Waals surface area contributed by atoms with Crippen molar-refractivity contribution < 1.29 is 94.7 Å². The molecule has 0 spiro atoms. The van der Waals surface area contributed by atoms with E-state index in [2.05, 4.69) is 32.4 Å². The Labute approximate surface area is 598 Å². The molecule has 12 atom stereocenters. The van der Waals surface area contributed by atoms with Crippen LogP contribution in [-0.2, 0) is 94.7 Å². The Balaban J connectivity index is -0.000000498. The predicted octanol–water partition coefficient (Wildman–Crippen LogP) is 18.6. The molecular weight excluding hydrogens is 1240 g/mol. The van der Waals surface area contributed by atoms with E-state index in [1.165, 1.54) is 122 Å². The first-order chi connectivity index (χ1) is 46.1. The lowest BCUT2D eigenvalue weighted by Crippen LogP contribution is -2.26. The minimum Gasteiger partial charge on any atom is -0.359 e. The van der Waals surface area contributed by atoms with Crippen molar-refractivity contribution >= 4 is 0 Å². The molecule has 0 aromatic rings. The Morgan fingerprint density at radius 3 is 1.12 bits per heavy atom. The lowest BCUT2D eigenvalue weighted by Gasteiger charge is -2.24. The fourth-order valence-electron chi connectivity index (χ4n) is 11.2. The largest absolute Gasteiger partial charge is 0.359 e. The maximum Gasteiger partial charge on any atom is 0.157 e. The highest BCUT2D eigenvalue weighted by Gasteiger charge is 2.41. The minimum absolute atomic E-state index is 0.0185. The molecule has 6 aliphatic carbocycles. The number of hydrogen-bond acceptors (Lipinski definition) is 20. The van der Waals surface area contributed by atoms with Gasteiger partial charge in [-0.3, -0.25) is 0 Å². The summed E-state index contributed by atoms with van der Waals surface area (Å²) in [4.78, 5) is 0. The van der Waals surface area contributed by atoms with Crippen LogP contribution in [0.5, 0.6) is 0 Å². The highest BCUT2D eigenvalue weighted by molar-refractivity contribution is 4.91. The van der Waals surface area contributed by atoms with Crippen molar-refractivity contribution in [1.29, 1.82) is 0 Å². The summed E-state index contributed by atoms with van der Waals surface area (Å²) in [5.74, 6) is 3.63. The van der Waals surface area contributed by atoms with Gasteiger partial charge in [-0.25, -0.2) is 0 Å². The van der Waals surface area contributed by atoms with Crippen LogP contribution < -0.4 is 0 Å². The van der Waals surface area contributed by atoms with Crippen LogP contribution in [0, 0.1) is 23.7 Å². The van der Waals surface area contributed by atoms with Gasteiger partial charge in [0.05, 0.1) is 47.8 Å². The van der Waals surface area contributed by atoms with E-state index in [-0.39, 0.29) is 61.2 Å². The van der Waals surface area contributed by atoms with Crippen molar-refractivity contribution in [2.45, 2.75) is 371 Å². The first-order valence-corrected chi connectivity index (χ1v) is 37.6. The summed E-state index contributed by atoms with van der Waals surface area (Å²) in [6.07, 6.45) is 33.9. The molecule has 0 N–H and O–H groups in total. The van der Waals surface area contributed by atoms with E-state index in [9.17, 15) is 0 Å². The molecule has 590 valence electrons. The van der Waals surface area contributed by atoms with Crippen molar-refractivity contribution in [2.75, 3.05) is 111 Å². The van der Waals surface area contributed by atoms with Gasteiger partial charge >= 0.3 is 0 Å². The topological polar surface area (TPSA) is 185 Å². The quantitative estimate of drug-likeness (QED) is 0.0430. The predicted molar refractivity (Wildman–Crippen MR) is 393 cm³/mol. The normalized spacial score (nSPS) is 22.1. The molecule has 0 heterocycles. The first-order valence-electron chi connectivity index (χ1n) is 37.6. The second kappa shape index (κ2) is 69.6. The van der Waals surface area contributed by atoms with Crippen LogP contribution in [0.15, 0.2) is 0 Å². The van der Waals surface area contributed by atoms with Crippen molar-refractivity contribution in [3.8, 4) is 0 Å². The number of ether oxygens (including phenoxy) is 20. The number of methoxy groups -OCH3 is 10. The summed E-state index contributed by atoms with van der Waals surface area (Å²) in [6.45, 7) is 39.4. The van der Waals surface area contributed by atoms with Crippen LogP contribution in [0.1, 0.15) is 285 Å². The second-order valence-corrected chi connectivity index (χ2v) is 28.3. The van der Waals surface area contributed by atoms with Gasteiger partial charge in [-0.1, -0.05) is 85.5 Å². The number of unbranched alkanes of at least 4 members (excludes halogenated alkanes) is 1. The molecule has 97 heavy (non-hydrogen) atoms. The average molecular weight is 1410 g/mol. The Bertz CT molecular complexity index is 1540. The molecule has 6 rings (SSSR count). The van der Waals surface area contributed by atoms with Gasteiger partial charge in [-0.15, -0.1) is 0 Å². The van der Waals surface area contributed by atoms with E-state index in [4.69, 9.17) is 90.0 Å². The second-order valence-electron chi connectivity index (χ2n) is 28.3. The molecule has 6 aliphatic rings. The Morgan fingerprint density at radius 1 is 0.361 bits per heavy atom. The number of rotatable bonds is 35. The summed E-state index contributed by atoms with van der Waals surface area (Å²) in [5, 5.41) is 0. The molecule has 0 aromatic carbocycles. The van der Waals surface area contributed by atoms with Gasteiger partial charge in [-0.05, 0) is 223 Å². The monoisotopic (exact) mass is 1410 g/mol. The van der Waals surface area contributed by atoms with E-state index in [0.717, 1.165) is 75.4 Å². The summed E-state index contributed by atoms with van der Waals surface area (Å²) in [5.41, 5.74) is -0.175. The molecule has 12 unspecified atom stereocenters. The van der Waals surface area contributed by atoms with E-state index in [0.29, 0.717) is 51.6 Å². The fourth-order valence-corrected chi connectivity index (χ4v) is 11.2. The standard InChI is InChI=1S/C10H18O2.C9H16O2.C9H18O2.C9H20O2.C8H16O2.C8H18O2.C7H16O2.2C6H14O2.C5H12O2/c1-7(11-2)12-10-6-8-3-4-9(10)5-8;1-10-6-11-9-5-7-2-3-8(9)4-7;1-8(10-2)11-9-6-4-3-5-7-9;1-4-6-8-11-9(10-3)7-5-2;1-9-7-10-8-5-3-2-4-6-8;1-4-6-8(9-3)10-7-5-2;1-6(8-5)9-7(2,3)4;1-6(2,3)8-5-7-4;1-5(2)8-6(3)7-4;1-5(2)7-4-6-3/h7-10H,3-6H2,1-2H3;7-9H,2-6H2,1H3;8-9H,3-7H2,1-2H3;9H,4-8H2,1-3H3;8H,2-7H2,1H3;8H,4-7H2,1-3H3;6H,1-5H3;5H2,1-4H3;5-6H,1-4H3;5H,4H2,1-3H3. The summed E-state index contributed by atoms with van der Waals surface area (Å²) in [7, 11) is 16.6. The summed E-state index contributed by atoms with van der Waals surface area (Å²) >= 11 is 0. The summed E-state index contributed by atoms with van der Waals surface area (Å²) in [6, 6.07) is 0. The molecule has 6 fully saturated rings. The van der Waals surface area contributed by atoms with Crippen LogP contribution in [0.3, 0.4) is 0 Å². The SMILES string of the molecule is CCCCOC(CCC)OC.CCCOC(CCC)OC.COC(C)OC(C)(C)C.COC(C)OC(C)C.COC(C)OC1CC2CCC1C2.COC(C)OC1CCCCC1.COCOC(C)(C)C.COCOC(C)C.COCOC1CC2CCC1C2.COCOC1CCCCC1. The van der Waals surface area contributed by atoms with Crippen LogP contribution in [0.4, 0.5) is 0 Å². The molecule has 0 aliphatic heterocycles. The van der Waals surface area contributed by atoms with Crippen molar-refractivity contribution in [1.82, 2.24) is 0 Å². The zero-order valence-corrected chi connectivity index (χ0v) is 68.3. The Kier molecular flexibility index (Phi) is 73.6. The van der Waals surface area contributed by atoms with Crippen LogP contribution >= 0.6 is 0 Å². The third kappa shape index (κ3) is 68.1. The maximum atomic E-state index is 5.77. The van der Waals surface area contributed by atoms with E-state index >= 15 is 0 Å². The van der Waals surface area contributed by atoms with Crippen molar-refractivity contribution in [2.24, 2.45) is 23.7 Å². The highest BCUT2D eigenvalue weighted by Crippen LogP contribution is 2.47. The number of fused-ring (bicyclic) bond motifs is 4. The van der Waals surface area contributed by atoms with Crippen LogP contribution in [-0.4, -0.2) is 197 Å². The van der Waals surface area contributed by atoms with E-state index in [1.54, 1.807) is 71.1 Å². The Morgan fingerprint density at radius 2 is 0.804 bits per heavy atom. The van der Waals surface area contributed by atoms with Gasteiger partial charge in [-0.2, -0.15) is 0 Å². The lowest BCUT2D eigenvalue weighted by molar-refractivity contribution is -0.171. The molecule has 20 heteroatoms. The maximum absolute atomic E-state index is 5.77. The van der Waals surface area contributed by atoms with Gasteiger partial charge < -0.3 is 94.7 Å². The van der Waals surface area contributed by atoms with Crippen LogP contribution in [0.2, 0.25) is 0 Å². The van der Waals surface area contributed by atoms with Gasteiger partial charge in [0.15, 0.2) is 37.7 Å². The molecule has 0 aromatic heterocycles. The zero-order chi connectivity index (χ0) is 74.3. The zero-order valence-electron chi connectivity index (χ0n) is 68.3. The smallest absolute Gasteiger partial charge is 0.157 e. The Hall–Kier alpha value is -0.800. The molecule has 0 saturated heterocycles. The number of hydrogen-bond donors (Lipinski definition) is 0. The van der Waals surface area contributed by atoms with Crippen molar-refractivity contribution in [3.63, 3.8) is 0 Å². The van der Waals surface area contributed by atoms with E-state index in [1.807, 2.05) is 96.9 Å². The van der Waals surface area contributed by atoms with E-state index < -0.39 is 0 Å². The lowest BCUT2D eigenvalue weighted by atomic mass is 9.98. The van der Waals surface area contributed by atoms with Crippen LogP contribution in [0.25, 0.3) is 0 Å². The third-order valence-corrected chi connectivity index (χ3v) is 16.3. The van der Waals surface area contributed by atoms with Gasteiger partial charge in [0, 0.05) is 84.3 Å². The summed E-state index contributed by atoms with van der Waals surface area (Å²) < 4.78 is 103. The molecule has 6 saturated carbocycles. The first kappa shape index (κ1) is 103. The molecule has 0 amide bonds. The third-order valence-electron chi connectivity index (χ3n) is 16.3. The molecule has 20 nitrogen and oxygen atoms in total.